The van der Waals surface area contributed by atoms with Gasteiger partial charge < -0.3 is 15.0 Å². The van der Waals surface area contributed by atoms with Gasteiger partial charge in [0.05, 0.1) is 4.92 Å². The van der Waals surface area contributed by atoms with Crippen molar-refractivity contribution in [2.75, 3.05) is 11.5 Å². The number of aliphatic carboxylic acids is 1. The van der Waals surface area contributed by atoms with Crippen LogP contribution in [-0.2, 0) is 16.1 Å². The van der Waals surface area contributed by atoms with Crippen LogP contribution in [0, 0.1) is 10.1 Å². The molecule has 2 heterocycles. The third-order valence-electron chi connectivity index (χ3n) is 4.41. The Hall–Kier alpha value is -2.55. The second kappa shape index (κ2) is 6.75. The van der Waals surface area contributed by atoms with Crippen molar-refractivity contribution in [3.05, 3.63) is 40.6 Å². The number of nitrogens with one attached hydrogen (secondary N) is 1. The second-order valence-corrected chi connectivity index (χ2v) is 7.22. The Morgan fingerprint density at radius 1 is 1.32 bits per heavy atom. The monoisotopic (exact) mass is 363 g/mol. The number of amides is 1. The van der Waals surface area contributed by atoms with E-state index in [2.05, 4.69) is 5.32 Å². The number of carboxylic acids is 1. The SMILES string of the molecule is O=C(Cn1ccc2cc([N+](=O)[O-])ccc21)NC1(C(=O)O)CCSCC1. The summed E-state index contributed by atoms with van der Waals surface area (Å²) in [6, 6.07) is 6.11. The van der Waals surface area contributed by atoms with Gasteiger partial charge >= 0.3 is 5.97 Å². The topological polar surface area (TPSA) is 114 Å². The Morgan fingerprint density at radius 3 is 2.68 bits per heavy atom. The molecule has 2 aromatic rings. The standard InChI is InChI=1S/C16H17N3O5S/c20-14(17-16(15(21)22)4-7-25-8-5-16)10-18-6-3-11-9-12(19(23)24)1-2-13(11)18/h1-3,6,9H,4-5,7-8,10H2,(H,17,20)(H,21,22). The number of aromatic nitrogens is 1. The van der Waals surface area contributed by atoms with Crippen molar-refractivity contribution in [3.63, 3.8) is 0 Å². The molecule has 8 nitrogen and oxygen atoms in total. The Kier molecular flexibility index (Phi) is 4.67. The molecule has 1 aromatic heterocycles. The third kappa shape index (κ3) is 3.46. The smallest absolute Gasteiger partial charge is 0.329 e. The fourth-order valence-electron chi connectivity index (χ4n) is 3.01. The molecule has 2 N–H and O–H groups in total. The molecule has 1 amide bonds. The molecule has 1 aromatic carbocycles. The van der Waals surface area contributed by atoms with Gasteiger partial charge in [0.2, 0.25) is 5.91 Å². The largest absolute Gasteiger partial charge is 0.480 e. The van der Waals surface area contributed by atoms with Gasteiger partial charge in [0.25, 0.3) is 5.69 Å². The van der Waals surface area contributed by atoms with E-state index in [1.807, 2.05) is 0 Å². The summed E-state index contributed by atoms with van der Waals surface area (Å²) in [5.74, 6) is 0.00470. The summed E-state index contributed by atoms with van der Waals surface area (Å²) in [7, 11) is 0. The Labute approximate surface area is 147 Å². The summed E-state index contributed by atoms with van der Waals surface area (Å²) < 4.78 is 1.65. The van der Waals surface area contributed by atoms with Gasteiger partial charge in [-0.1, -0.05) is 0 Å². The summed E-state index contributed by atoms with van der Waals surface area (Å²) in [5, 5.41) is 23.7. The number of rotatable bonds is 5. The molecule has 3 rings (SSSR count). The molecule has 0 spiro atoms. The molecule has 0 unspecified atom stereocenters. The number of carbonyl (C=O) groups excluding carboxylic acids is 1. The van der Waals surface area contributed by atoms with Crippen molar-refractivity contribution in [3.8, 4) is 0 Å². The minimum Gasteiger partial charge on any atom is -0.480 e. The number of nitro groups is 1. The van der Waals surface area contributed by atoms with Crippen molar-refractivity contribution < 1.29 is 19.6 Å². The number of thioether (sulfide) groups is 1. The molecule has 0 saturated carbocycles. The minimum absolute atomic E-state index is 0.0146. The number of fused-ring (bicyclic) bond motifs is 1. The van der Waals surface area contributed by atoms with E-state index in [9.17, 15) is 24.8 Å². The van der Waals surface area contributed by atoms with E-state index in [1.54, 1.807) is 34.7 Å². The summed E-state index contributed by atoms with van der Waals surface area (Å²) in [6.45, 7) is -0.0382. The molecule has 132 valence electrons. The molecular formula is C16H17N3O5S. The lowest BCUT2D eigenvalue weighted by Crippen LogP contribution is -2.57. The zero-order valence-corrected chi connectivity index (χ0v) is 14.1. The zero-order valence-electron chi connectivity index (χ0n) is 13.3. The van der Waals surface area contributed by atoms with Crippen LogP contribution in [0.25, 0.3) is 10.9 Å². The van der Waals surface area contributed by atoms with E-state index in [4.69, 9.17) is 0 Å². The number of carbonyl (C=O) groups is 2. The predicted molar refractivity (Wildman–Crippen MR) is 93.7 cm³/mol. The van der Waals surface area contributed by atoms with Crippen LogP contribution in [0.2, 0.25) is 0 Å². The lowest BCUT2D eigenvalue weighted by atomic mass is 9.92. The quantitative estimate of drug-likeness (QED) is 0.620. The van der Waals surface area contributed by atoms with Gasteiger partial charge in [0.1, 0.15) is 12.1 Å². The Morgan fingerprint density at radius 2 is 2.04 bits per heavy atom. The minimum atomic E-state index is -1.20. The van der Waals surface area contributed by atoms with Gasteiger partial charge in [-0.3, -0.25) is 14.9 Å². The van der Waals surface area contributed by atoms with Crippen LogP contribution in [0.1, 0.15) is 12.8 Å². The Balaban J connectivity index is 1.77. The lowest BCUT2D eigenvalue weighted by molar-refractivity contribution is -0.384. The summed E-state index contributed by atoms with van der Waals surface area (Å²) in [6.07, 6.45) is 2.47. The molecule has 1 saturated heterocycles. The second-order valence-electron chi connectivity index (χ2n) is 5.99. The first-order valence-electron chi connectivity index (χ1n) is 7.77. The number of benzene rings is 1. The van der Waals surface area contributed by atoms with Crippen LogP contribution in [-0.4, -0.2) is 43.5 Å². The molecular weight excluding hydrogens is 346 g/mol. The van der Waals surface area contributed by atoms with E-state index < -0.39 is 16.4 Å². The van der Waals surface area contributed by atoms with Gasteiger partial charge in [0, 0.05) is 29.2 Å². The number of carboxylic acid groups (broad SMARTS) is 1. The maximum Gasteiger partial charge on any atom is 0.329 e. The van der Waals surface area contributed by atoms with Crippen LogP contribution in [0.5, 0.6) is 0 Å². The summed E-state index contributed by atoms with van der Waals surface area (Å²) in [5.41, 5.74) is -0.534. The van der Waals surface area contributed by atoms with Crippen LogP contribution in [0.4, 0.5) is 5.69 Å². The van der Waals surface area contributed by atoms with Crippen molar-refractivity contribution in [2.45, 2.75) is 24.9 Å². The van der Waals surface area contributed by atoms with Crippen molar-refractivity contribution >= 4 is 40.2 Å². The average molecular weight is 363 g/mol. The number of nitro benzene ring substituents is 1. The molecule has 1 aliphatic heterocycles. The highest BCUT2D eigenvalue weighted by Crippen LogP contribution is 2.28. The van der Waals surface area contributed by atoms with Crippen LogP contribution in [0.3, 0.4) is 0 Å². The predicted octanol–water partition coefficient (Wildman–Crippen LogP) is 2.02. The van der Waals surface area contributed by atoms with Crippen LogP contribution >= 0.6 is 11.8 Å². The molecule has 1 fully saturated rings. The highest BCUT2D eigenvalue weighted by Gasteiger charge is 2.41. The van der Waals surface area contributed by atoms with Gasteiger partial charge in [0.15, 0.2) is 0 Å². The molecule has 1 aliphatic rings. The molecule has 25 heavy (non-hydrogen) atoms. The van der Waals surface area contributed by atoms with E-state index in [1.165, 1.54) is 12.1 Å². The number of hydrogen-bond donors (Lipinski definition) is 2. The van der Waals surface area contributed by atoms with Gasteiger partial charge in [-0.15, -0.1) is 0 Å². The highest BCUT2D eigenvalue weighted by atomic mass is 32.2. The maximum absolute atomic E-state index is 12.4. The summed E-state index contributed by atoms with van der Waals surface area (Å²) in [4.78, 5) is 34.4. The molecule has 9 heteroatoms. The first-order valence-corrected chi connectivity index (χ1v) is 8.92. The normalized spacial score (nSPS) is 16.5. The molecule has 0 atom stereocenters. The van der Waals surface area contributed by atoms with E-state index in [0.717, 1.165) is 0 Å². The van der Waals surface area contributed by atoms with Crippen LogP contribution < -0.4 is 5.32 Å². The number of nitrogens with zero attached hydrogens (tertiary/aromatic N) is 2. The first-order chi connectivity index (χ1) is 11.9. The van der Waals surface area contributed by atoms with E-state index >= 15 is 0 Å². The average Bonchev–Trinajstić information content (AvgIpc) is 2.97. The maximum atomic E-state index is 12.4. The fourth-order valence-corrected chi connectivity index (χ4v) is 4.20. The molecule has 0 aliphatic carbocycles. The Bertz CT molecular complexity index is 841. The third-order valence-corrected chi connectivity index (χ3v) is 5.40. The van der Waals surface area contributed by atoms with Crippen molar-refractivity contribution in [1.29, 1.82) is 0 Å². The van der Waals surface area contributed by atoms with E-state index in [0.29, 0.717) is 35.3 Å². The fraction of sp³-hybridized carbons (Fsp3) is 0.375. The van der Waals surface area contributed by atoms with Gasteiger partial charge in [-0.2, -0.15) is 11.8 Å². The van der Waals surface area contributed by atoms with Crippen LogP contribution in [0.15, 0.2) is 30.5 Å². The van der Waals surface area contributed by atoms with Gasteiger partial charge in [-0.25, -0.2) is 4.79 Å². The van der Waals surface area contributed by atoms with Crippen molar-refractivity contribution in [1.82, 2.24) is 9.88 Å². The number of non-ortho nitro benzene ring substituents is 1. The lowest BCUT2D eigenvalue weighted by Gasteiger charge is -2.33. The van der Waals surface area contributed by atoms with Gasteiger partial charge in [-0.05, 0) is 36.5 Å². The number of hydrogen-bond acceptors (Lipinski definition) is 5. The van der Waals surface area contributed by atoms with Crippen molar-refractivity contribution in [2.24, 2.45) is 0 Å². The first kappa shape index (κ1) is 17.3. The molecule has 0 radical (unpaired) electrons. The molecule has 0 bridgehead atoms. The summed E-state index contributed by atoms with van der Waals surface area (Å²) >= 11 is 1.68. The van der Waals surface area contributed by atoms with E-state index in [-0.39, 0.29) is 18.1 Å². The zero-order chi connectivity index (χ0) is 18.0. The highest BCUT2D eigenvalue weighted by molar-refractivity contribution is 7.99.